The lowest BCUT2D eigenvalue weighted by molar-refractivity contribution is 0.319. The van der Waals surface area contributed by atoms with E-state index in [1.807, 2.05) is 11.8 Å². The van der Waals surface area contributed by atoms with Gasteiger partial charge in [-0.2, -0.15) is 0 Å². The fourth-order valence-electron chi connectivity index (χ4n) is 3.38. The van der Waals surface area contributed by atoms with E-state index in [4.69, 9.17) is 0 Å². The summed E-state index contributed by atoms with van der Waals surface area (Å²) in [6, 6.07) is 0.526. The van der Waals surface area contributed by atoms with Gasteiger partial charge in [-0.05, 0) is 41.5 Å². The molecule has 0 N–H and O–H groups in total. The van der Waals surface area contributed by atoms with Gasteiger partial charge in [0.15, 0.2) is 0 Å². The zero-order valence-corrected chi connectivity index (χ0v) is 15.6. The maximum atomic E-state index is 4.27. The summed E-state index contributed by atoms with van der Waals surface area (Å²) in [7, 11) is 0. The van der Waals surface area contributed by atoms with E-state index in [2.05, 4.69) is 50.0 Å². The third-order valence-corrected chi connectivity index (χ3v) is 6.96. The number of aromatic nitrogens is 4. The van der Waals surface area contributed by atoms with Crippen LogP contribution in [0.2, 0.25) is 0 Å². The van der Waals surface area contributed by atoms with Crippen molar-refractivity contribution in [3.8, 4) is 0 Å². The van der Waals surface area contributed by atoms with Crippen LogP contribution in [0.4, 0.5) is 0 Å². The van der Waals surface area contributed by atoms with Crippen LogP contribution in [-0.4, -0.2) is 31.3 Å². The highest BCUT2D eigenvalue weighted by molar-refractivity contribution is 9.09. The van der Waals surface area contributed by atoms with Crippen molar-refractivity contribution in [1.82, 2.24) is 20.2 Å². The molecule has 0 amide bonds. The fraction of sp³-hybridized carbons (Fsp3) is 0.933. The second-order valence-electron chi connectivity index (χ2n) is 6.27. The van der Waals surface area contributed by atoms with E-state index in [-0.39, 0.29) is 0 Å². The second kappa shape index (κ2) is 8.51. The molecule has 1 heterocycles. The average molecular weight is 375 g/mol. The molecule has 0 aliphatic heterocycles. The van der Waals surface area contributed by atoms with Crippen molar-refractivity contribution in [2.24, 2.45) is 5.41 Å². The van der Waals surface area contributed by atoms with E-state index in [1.54, 1.807) is 0 Å². The zero-order chi connectivity index (χ0) is 15.1. The molecule has 1 aromatic rings. The van der Waals surface area contributed by atoms with E-state index >= 15 is 0 Å². The van der Waals surface area contributed by atoms with Crippen LogP contribution in [-0.2, 0) is 0 Å². The highest BCUT2D eigenvalue weighted by Gasteiger charge is 2.29. The van der Waals surface area contributed by atoms with Crippen molar-refractivity contribution in [3.63, 3.8) is 0 Å². The van der Waals surface area contributed by atoms with Crippen LogP contribution in [0.25, 0.3) is 0 Å². The summed E-state index contributed by atoms with van der Waals surface area (Å²) in [6.07, 6.45) is 10.1. The Kier molecular flexibility index (Phi) is 6.99. The quantitative estimate of drug-likeness (QED) is 0.457. The Hall–Kier alpha value is -0.100. The standard InChI is InChI=1S/C15H27BrN4S/c1-3-9-15(11-16,10-4-2)12-21-14-17-18-19-20(14)13-7-5-6-8-13/h13H,3-12H2,1-2H3. The van der Waals surface area contributed by atoms with Crippen molar-refractivity contribution < 1.29 is 0 Å². The minimum absolute atomic E-state index is 0.376. The zero-order valence-electron chi connectivity index (χ0n) is 13.2. The summed E-state index contributed by atoms with van der Waals surface area (Å²) in [5.74, 6) is 1.10. The van der Waals surface area contributed by atoms with Gasteiger partial charge in [-0.3, -0.25) is 0 Å². The highest BCUT2D eigenvalue weighted by Crippen LogP contribution is 2.38. The fourth-order valence-corrected chi connectivity index (χ4v) is 5.64. The summed E-state index contributed by atoms with van der Waals surface area (Å²) in [5, 5.41) is 14.5. The lowest BCUT2D eigenvalue weighted by Gasteiger charge is -2.31. The molecule has 0 aromatic carbocycles. The lowest BCUT2D eigenvalue weighted by atomic mass is 9.83. The molecule has 4 nitrogen and oxygen atoms in total. The number of rotatable bonds is 9. The summed E-state index contributed by atoms with van der Waals surface area (Å²) in [6.45, 7) is 4.56. The smallest absolute Gasteiger partial charge is 0.209 e. The molecular weight excluding hydrogens is 348 g/mol. The predicted molar refractivity (Wildman–Crippen MR) is 92.1 cm³/mol. The molecule has 0 bridgehead atoms. The Balaban J connectivity index is 2.01. The van der Waals surface area contributed by atoms with Crippen molar-refractivity contribution in [2.45, 2.75) is 76.4 Å². The van der Waals surface area contributed by atoms with E-state index in [1.165, 1.54) is 51.4 Å². The van der Waals surface area contributed by atoms with E-state index in [9.17, 15) is 0 Å². The molecule has 1 aliphatic rings. The number of halogens is 1. The van der Waals surface area contributed by atoms with Gasteiger partial charge in [0.25, 0.3) is 0 Å². The largest absolute Gasteiger partial charge is 0.217 e. The van der Waals surface area contributed by atoms with Crippen molar-refractivity contribution in [2.75, 3.05) is 11.1 Å². The first kappa shape index (κ1) is 17.3. The Labute approximate surface area is 141 Å². The summed E-state index contributed by atoms with van der Waals surface area (Å²) >= 11 is 5.60. The van der Waals surface area contributed by atoms with Crippen LogP contribution < -0.4 is 0 Å². The monoisotopic (exact) mass is 374 g/mol. The Morgan fingerprint density at radius 1 is 1.24 bits per heavy atom. The van der Waals surface area contributed by atoms with Gasteiger partial charge in [-0.1, -0.05) is 67.2 Å². The molecule has 0 atom stereocenters. The summed E-state index contributed by atoms with van der Waals surface area (Å²) in [4.78, 5) is 0. The van der Waals surface area contributed by atoms with Gasteiger partial charge in [0.1, 0.15) is 0 Å². The van der Waals surface area contributed by atoms with Gasteiger partial charge in [0.05, 0.1) is 6.04 Å². The van der Waals surface area contributed by atoms with Crippen molar-refractivity contribution >= 4 is 27.7 Å². The normalized spacial score (nSPS) is 16.7. The molecule has 0 unspecified atom stereocenters. The Morgan fingerprint density at radius 3 is 2.48 bits per heavy atom. The predicted octanol–water partition coefficient (Wildman–Crippen LogP) is 4.86. The minimum atomic E-state index is 0.376. The van der Waals surface area contributed by atoms with Crippen LogP contribution in [0.5, 0.6) is 0 Å². The topological polar surface area (TPSA) is 43.6 Å². The molecule has 0 spiro atoms. The van der Waals surface area contributed by atoms with E-state index in [0.717, 1.165) is 16.2 Å². The third kappa shape index (κ3) is 4.44. The van der Waals surface area contributed by atoms with Crippen molar-refractivity contribution in [1.29, 1.82) is 0 Å². The van der Waals surface area contributed by atoms with Crippen molar-refractivity contribution in [3.05, 3.63) is 0 Å². The number of tetrazole rings is 1. The minimum Gasteiger partial charge on any atom is -0.217 e. The molecule has 0 radical (unpaired) electrons. The first-order chi connectivity index (χ1) is 10.2. The van der Waals surface area contributed by atoms with E-state index < -0.39 is 0 Å². The van der Waals surface area contributed by atoms with Crippen LogP contribution in [0.15, 0.2) is 5.16 Å². The lowest BCUT2D eigenvalue weighted by Crippen LogP contribution is -2.26. The van der Waals surface area contributed by atoms with Gasteiger partial charge in [0.2, 0.25) is 5.16 Å². The van der Waals surface area contributed by atoms with Crippen LogP contribution in [0, 0.1) is 5.41 Å². The summed E-state index contributed by atoms with van der Waals surface area (Å²) in [5.41, 5.74) is 0.376. The molecule has 0 saturated heterocycles. The molecule has 6 heteroatoms. The maximum Gasteiger partial charge on any atom is 0.209 e. The highest BCUT2D eigenvalue weighted by atomic mass is 79.9. The van der Waals surface area contributed by atoms with Gasteiger partial charge >= 0.3 is 0 Å². The molecule has 2 rings (SSSR count). The third-order valence-electron chi connectivity index (χ3n) is 4.48. The Morgan fingerprint density at radius 2 is 1.90 bits per heavy atom. The molecular formula is C15H27BrN4S. The first-order valence-corrected chi connectivity index (χ1v) is 10.3. The molecule has 120 valence electrons. The molecule has 21 heavy (non-hydrogen) atoms. The number of hydrogen-bond acceptors (Lipinski definition) is 4. The van der Waals surface area contributed by atoms with Crippen LogP contribution in [0.1, 0.15) is 71.3 Å². The summed E-state index contributed by atoms with van der Waals surface area (Å²) < 4.78 is 2.08. The molecule has 1 aliphatic carbocycles. The van der Waals surface area contributed by atoms with Gasteiger partial charge in [0, 0.05) is 11.1 Å². The van der Waals surface area contributed by atoms with Gasteiger partial charge in [-0.15, -0.1) is 5.10 Å². The van der Waals surface area contributed by atoms with Crippen LogP contribution >= 0.6 is 27.7 Å². The Bertz CT molecular complexity index is 412. The molecule has 1 aromatic heterocycles. The number of nitrogens with zero attached hydrogens (tertiary/aromatic N) is 4. The van der Waals surface area contributed by atoms with E-state index in [0.29, 0.717) is 11.5 Å². The van der Waals surface area contributed by atoms with Gasteiger partial charge < -0.3 is 0 Å². The molecule has 1 fully saturated rings. The number of hydrogen-bond donors (Lipinski definition) is 0. The van der Waals surface area contributed by atoms with Gasteiger partial charge in [-0.25, -0.2) is 4.68 Å². The van der Waals surface area contributed by atoms with Crippen LogP contribution in [0.3, 0.4) is 0 Å². The maximum absolute atomic E-state index is 4.27. The SMILES string of the molecule is CCCC(CBr)(CCC)CSc1nnnn1C1CCCC1. The number of thioether (sulfide) groups is 1. The average Bonchev–Trinajstić information content (AvgIpc) is 3.15. The second-order valence-corrected chi connectivity index (χ2v) is 7.77. The first-order valence-electron chi connectivity index (χ1n) is 8.21. The molecule has 1 saturated carbocycles. The number of alkyl halides is 1.